The fraction of sp³-hybridized carbons (Fsp3) is 0.444. The molecule has 0 aromatic heterocycles. The van der Waals surface area contributed by atoms with E-state index in [1.54, 1.807) is 18.2 Å². The van der Waals surface area contributed by atoms with E-state index >= 15 is 0 Å². The largest absolute Gasteiger partial charge is 0.399 e. The molecule has 2 aliphatic rings. The Balaban J connectivity index is 1.58. The van der Waals surface area contributed by atoms with Gasteiger partial charge in [0.25, 0.3) is 0 Å². The van der Waals surface area contributed by atoms with Crippen molar-refractivity contribution in [2.24, 2.45) is 5.92 Å². The number of fused-ring (bicyclic) bond motifs is 1. The van der Waals surface area contributed by atoms with Crippen molar-refractivity contribution in [3.8, 4) is 0 Å². The Morgan fingerprint density at radius 2 is 1.75 bits per heavy atom. The average molecular weight is 442 g/mol. The molecule has 2 atom stereocenters. The van der Waals surface area contributed by atoms with Crippen LogP contribution in [0, 0.1) is 26.7 Å². The lowest BCUT2D eigenvalue weighted by atomic mass is 9.86. The number of hydrogen-bond donors (Lipinski definition) is 1. The van der Waals surface area contributed by atoms with Crippen molar-refractivity contribution >= 4 is 12.0 Å². The van der Waals surface area contributed by atoms with Crippen molar-refractivity contribution in [2.45, 2.75) is 71.0 Å². The Bertz CT molecular complexity index is 1030. The quantitative estimate of drug-likeness (QED) is 0.539. The summed E-state index contributed by atoms with van der Waals surface area (Å²) in [5.74, 6) is -1.36. The molecule has 5 heteroatoms. The number of allylic oxidation sites excluding steroid dienone is 1. The molecule has 0 heterocycles. The minimum absolute atomic E-state index is 0.00584. The van der Waals surface area contributed by atoms with Crippen molar-refractivity contribution < 1.29 is 18.0 Å². The molecule has 32 heavy (non-hydrogen) atoms. The number of carbonyl (C=O) groups is 1. The van der Waals surface area contributed by atoms with Crippen molar-refractivity contribution in [1.82, 2.24) is 5.32 Å². The molecule has 4 rings (SSSR count). The zero-order chi connectivity index (χ0) is 23.0. The number of carbonyl (C=O) groups excluding carboxylic acids is 1. The maximum atomic E-state index is 13.9. The van der Waals surface area contributed by atoms with Crippen LogP contribution in [0.1, 0.15) is 76.6 Å². The van der Waals surface area contributed by atoms with Gasteiger partial charge in [-0.3, -0.25) is 4.79 Å². The van der Waals surface area contributed by atoms with Gasteiger partial charge in [0, 0.05) is 5.92 Å². The van der Waals surface area contributed by atoms with E-state index in [4.69, 9.17) is 0 Å². The number of amides is 1. The summed E-state index contributed by atoms with van der Waals surface area (Å²) in [6.45, 7) is 5.64. The van der Waals surface area contributed by atoms with Crippen molar-refractivity contribution in [3.63, 3.8) is 0 Å². The minimum atomic E-state index is -4.36. The van der Waals surface area contributed by atoms with E-state index < -0.39 is 12.1 Å². The van der Waals surface area contributed by atoms with E-state index in [2.05, 4.69) is 5.32 Å². The highest BCUT2D eigenvalue weighted by molar-refractivity contribution is 5.81. The summed E-state index contributed by atoms with van der Waals surface area (Å²) in [5, 5.41) is 3.16. The van der Waals surface area contributed by atoms with Gasteiger partial charge < -0.3 is 5.32 Å². The van der Waals surface area contributed by atoms with Gasteiger partial charge in [-0.25, -0.2) is 0 Å². The molecule has 0 spiro atoms. The first-order chi connectivity index (χ1) is 15.1. The van der Waals surface area contributed by atoms with Gasteiger partial charge in [-0.1, -0.05) is 42.5 Å². The van der Waals surface area contributed by atoms with Crippen molar-refractivity contribution in [3.05, 3.63) is 75.4 Å². The van der Waals surface area contributed by atoms with Crippen LogP contribution < -0.4 is 5.32 Å². The molecule has 170 valence electrons. The van der Waals surface area contributed by atoms with Crippen LogP contribution in [0.4, 0.5) is 13.2 Å². The second-order valence-electron chi connectivity index (χ2n) is 9.34. The van der Waals surface area contributed by atoms with Crippen LogP contribution in [0.2, 0.25) is 0 Å². The molecule has 2 aromatic carbocycles. The van der Waals surface area contributed by atoms with E-state index in [1.165, 1.54) is 6.08 Å². The number of hydrogen-bond acceptors (Lipinski definition) is 1. The van der Waals surface area contributed by atoms with Crippen LogP contribution in [0.15, 0.2) is 36.4 Å². The molecule has 0 saturated heterocycles. The van der Waals surface area contributed by atoms with Crippen LogP contribution >= 0.6 is 0 Å². The fourth-order valence-corrected chi connectivity index (χ4v) is 4.59. The standard InChI is InChI=1S/C27H30F3NO/c1-16-13-22(14-17(2)18(16)3)24(27(28,29)30)12-8-19-7-11-23-21(15-19)5-4-6-25(23)31-26(32)20-9-10-20/h7-8,11-15,20,24-25H,4-6,9-10H2,1-3H3,(H,31,32)/b12-8+. The highest BCUT2D eigenvalue weighted by atomic mass is 19.4. The van der Waals surface area contributed by atoms with Gasteiger partial charge in [0.1, 0.15) is 0 Å². The Hall–Kier alpha value is -2.56. The number of alkyl halides is 3. The molecule has 2 aliphatic carbocycles. The first kappa shape index (κ1) is 22.6. The van der Waals surface area contributed by atoms with Gasteiger partial charge in [-0.15, -0.1) is 0 Å². The van der Waals surface area contributed by atoms with Gasteiger partial charge >= 0.3 is 6.18 Å². The summed E-state index contributed by atoms with van der Waals surface area (Å²) in [7, 11) is 0. The van der Waals surface area contributed by atoms with Gasteiger partial charge in [0.2, 0.25) is 5.91 Å². The highest BCUT2D eigenvalue weighted by Gasteiger charge is 2.39. The fourth-order valence-electron chi connectivity index (χ4n) is 4.59. The van der Waals surface area contributed by atoms with E-state index in [9.17, 15) is 18.0 Å². The Labute approximate surface area is 187 Å². The Morgan fingerprint density at radius 1 is 1.06 bits per heavy atom. The predicted octanol–water partition coefficient (Wildman–Crippen LogP) is 6.87. The molecule has 0 radical (unpaired) electrons. The summed E-state index contributed by atoms with van der Waals surface area (Å²) < 4.78 is 41.7. The van der Waals surface area contributed by atoms with Gasteiger partial charge in [-0.05, 0) is 91.8 Å². The molecule has 1 amide bonds. The molecule has 2 aromatic rings. The molecule has 1 fully saturated rings. The summed E-state index contributed by atoms with van der Waals surface area (Å²) in [5.41, 5.74) is 6.01. The van der Waals surface area contributed by atoms with Crippen LogP contribution in [-0.4, -0.2) is 12.1 Å². The maximum absolute atomic E-state index is 13.9. The number of benzene rings is 2. The first-order valence-electron chi connectivity index (χ1n) is 11.4. The zero-order valence-corrected chi connectivity index (χ0v) is 18.9. The van der Waals surface area contributed by atoms with Crippen LogP contribution in [0.3, 0.4) is 0 Å². The third-order valence-corrected chi connectivity index (χ3v) is 6.89. The van der Waals surface area contributed by atoms with Crippen LogP contribution in [-0.2, 0) is 11.2 Å². The lowest BCUT2D eigenvalue weighted by Gasteiger charge is -2.27. The molecular formula is C27H30F3NO. The summed E-state index contributed by atoms with van der Waals surface area (Å²) in [4.78, 5) is 12.2. The molecule has 2 nitrogen and oxygen atoms in total. The summed E-state index contributed by atoms with van der Waals surface area (Å²) in [6.07, 6.45) is 3.16. The van der Waals surface area contributed by atoms with E-state index in [0.717, 1.165) is 65.5 Å². The van der Waals surface area contributed by atoms with Gasteiger partial charge in [-0.2, -0.15) is 13.2 Å². The van der Waals surface area contributed by atoms with Crippen LogP contribution in [0.25, 0.3) is 6.08 Å². The monoisotopic (exact) mass is 441 g/mol. The lowest BCUT2D eigenvalue weighted by Crippen LogP contribution is -2.32. The SMILES string of the molecule is Cc1cc(C(/C=C/c2ccc3c(c2)CCCC3NC(=O)C2CC2)C(F)(F)F)cc(C)c1C. The minimum Gasteiger partial charge on any atom is -0.349 e. The number of rotatable bonds is 5. The van der Waals surface area contributed by atoms with E-state index in [-0.39, 0.29) is 23.4 Å². The van der Waals surface area contributed by atoms with Crippen molar-refractivity contribution in [1.29, 1.82) is 0 Å². The smallest absolute Gasteiger partial charge is 0.349 e. The predicted molar refractivity (Wildman–Crippen MR) is 121 cm³/mol. The van der Waals surface area contributed by atoms with Crippen molar-refractivity contribution in [2.75, 3.05) is 0 Å². The number of aryl methyl sites for hydroxylation is 3. The highest BCUT2D eigenvalue weighted by Crippen LogP contribution is 2.38. The molecule has 1 N–H and O–H groups in total. The topological polar surface area (TPSA) is 29.1 Å². The molecule has 2 unspecified atom stereocenters. The molecule has 1 saturated carbocycles. The second kappa shape index (κ2) is 8.76. The molecule has 0 aliphatic heterocycles. The van der Waals surface area contributed by atoms with Crippen LogP contribution in [0.5, 0.6) is 0 Å². The Morgan fingerprint density at radius 3 is 2.38 bits per heavy atom. The Kier molecular flexibility index (Phi) is 6.19. The summed E-state index contributed by atoms with van der Waals surface area (Å²) >= 11 is 0. The normalized spacial score (nSPS) is 19.6. The first-order valence-corrected chi connectivity index (χ1v) is 11.4. The third kappa shape index (κ3) is 4.92. The maximum Gasteiger partial charge on any atom is 0.399 e. The number of nitrogens with one attached hydrogen (secondary N) is 1. The average Bonchev–Trinajstić information content (AvgIpc) is 3.56. The van der Waals surface area contributed by atoms with E-state index in [0.29, 0.717) is 0 Å². The zero-order valence-electron chi connectivity index (χ0n) is 18.9. The number of halogens is 3. The van der Waals surface area contributed by atoms with Gasteiger partial charge in [0.05, 0.1) is 12.0 Å². The lowest BCUT2D eigenvalue weighted by molar-refractivity contribution is -0.139. The van der Waals surface area contributed by atoms with E-state index in [1.807, 2.05) is 39.0 Å². The molecule has 0 bridgehead atoms. The second-order valence-corrected chi connectivity index (χ2v) is 9.34. The molecular weight excluding hydrogens is 411 g/mol. The summed E-state index contributed by atoms with van der Waals surface area (Å²) in [6, 6.07) is 9.09. The third-order valence-electron chi connectivity index (χ3n) is 6.89. The van der Waals surface area contributed by atoms with Gasteiger partial charge in [0.15, 0.2) is 0 Å².